The Balaban J connectivity index is 1.71. The Kier molecular flexibility index (Phi) is 5.12. The first kappa shape index (κ1) is 18.2. The molecule has 0 radical (unpaired) electrons. The summed E-state index contributed by atoms with van der Waals surface area (Å²) < 4.78 is 6.50. The number of benzene rings is 1. The zero-order valence-corrected chi connectivity index (χ0v) is 14.2. The van der Waals surface area contributed by atoms with Gasteiger partial charge in [-0.1, -0.05) is 28.9 Å². The van der Waals surface area contributed by atoms with Crippen molar-refractivity contribution in [1.29, 1.82) is 0 Å². The smallest absolute Gasteiger partial charge is 0.534 e. The number of amides is 1. The van der Waals surface area contributed by atoms with Crippen molar-refractivity contribution in [2.75, 3.05) is 0 Å². The fraction of sp³-hybridized carbons (Fsp3) is 0.286. The first-order chi connectivity index (χ1) is 12.4. The number of aromatic carboxylic acids is 1. The third-order valence-corrected chi connectivity index (χ3v) is 4.33. The number of carbonyl (C=O) groups is 2. The van der Waals surface area contributed by atoms with E-state index in [9.17, 15) is 19.7 Å². The van der Waals surface area contributed by atoms with Gasteiger partial charge < -0.3 is 25.8 Å². The van der Waals surface area contributed by atoms with Crippen LogP contribution in [0.5, 0.6) is 5.75 Å². The van der Waals surface area contributed by atoms with E-state index in [1.165, 1.54) is 10.7 Å². The van der Waals surface area contributed by atoms with Gasteiger partial charge in [-0.2, -0.15) is 0 Å². The molecule has 0 unspecified atom stereocenters. The molecule has 0 fully saturated rings. The summed E-state index contributed by atoms with van der Waals surface area (Å²) in [5.74, 6) is -2.28. The number of hydrogen-bond acceptors (Lipinski definition) is 7. The molecule has 136 valence electrons. The Labute approximate surface area is 153 Å². The van der Waals surface area contributed by atoms with Gasteiger partial charge in [0.25, 0.3) is 0 Å². The van der Waals surface area contributed by atoms with Crippen molar-refractivity contribution in [2.45, 2.75) is 25.5 Å². The third kappa shape index (κ3) is 3.50. The molecule has 1 aliphatic rings. The van der Waals surface area contributed by atoms with E-state index in [0.29, 0.717) is 11.3 Å². The van der Waals surface area contributed by atoms with E-state index in [-0.39, 0.29) is 36.0 Å². The summed E-state index contributed by atoms with van der Waals surface area (Å²) in [6, 6.07) is 4.63. The largest absolute Gasteiger partial charge is 0.547 e. The van der Waals surface area contributed by atoms with Crippen LogP contribution in [0.2, 0.25) is 5.15 Å². The summed E-state index contributed by atoms with van der Waals surface area (Å²) in [5.41, 5.74) is 6.35. The average molecular weight is 380 g/mol. The SMILES string of the molecule is NCc1nnn(CC(=O)N[C@H]2Cc3cccc(C(=O)O)c3OB2O)c1Cl. The molecule has 1 aliphatic heterocycles. The van der Waals surface area contributed by atoms with Gasteiger partial charge in [0.05, 0.1) is 11.5 Å². The van der Waals surface area contributed by atoms with Crippen LogP contribution >= 0.6 is 11.6 Å². The number of carboxylic acid groups (broad SMARTS) is 1. The summed E-state index contributed by atoms with van der Waals surface area (Å²) in [5, 5.41) is 29.6. The molecule has 2 heterocycles. The van der Waals surface area contributed by atoms with Gasteiger partial charge in [0.2, 0.25) is 5.91 Å². The number of aromatic nitrogens is 3. The summed E-state index contributed by atoms with van der Waals surface area (Å²) in [7, 11) is -1.39. The number of nitrogens with zero attached hydrogens (tertiary/aromatic N) is 3. The number of carbonyl (C=O) groups excluding carboxylic acids is 1. The van der Waals surface area contributed by atoms with Crippen LogP contribution in [0.1, 0.15) is 21.6 Å². The maximum atomic E-state index is 12.2. The van der Waals surface area contributed by atoms with Crippen molar-refractivity contribution in [3.8, 4) is 5.75 Å². The van der Waals surface area contributed by atoms with Gasteiger partial charge in [0.15, 0.2) is 5.15 Å². The minimum absolute atomic E-state index is 0.0463. The standard InChI is InChI=1S/C14H15BClN5O5/c16-13-9(5-17)19-20-21(13)6-11(22)18-10-4-7-2-1-3-8(14(23)24)12(7)26-15(10)25/h1-3,10,25H,4-6,17H2,(H,18,22)(H,23,24)/t10-/m0/s1. The minimum Gasteiger partial charge on any atom is -0.534 e. The summed E-state index contributed by atoms with van der Waals surface area (Å²) in [6.45, 7) is -0.116. The zero-order chi connectivity index (χ0) is 18.8. The second kappa shape index (κ2) is 7.32. The molecule has 2 aromatic rings. The predicted molar refractivity (Wildman–Crippen MR) is 90.6 cm³/mol. The normalized spacial score (nSPS) is 16.0. The van der Waals surface area contributed by atoms with Crippen LogP contribution in [0.4, 0.5) is 0 Å². The summed E-state index contributed by atoms with van der Waals surface area (Å²) >= 11 is 6.00. The van der Waals surface area contributed by atoms with Crippen LogP contribution in [0.25, 0.3) is 0 Å². The molecule has 1 aromatic heterocycles. The number of hydrogen-bond donors (Lipinski definition) is 4. The summed E-state index contributed by atoms with van der Waals surface area (Å²) in [6.07, 6.45) is 0.211. The number of rotatable bonds is 5. The van der Waals surface area contributed by atoms with Crippen molar-refractivity contribution < 1.29 is 24.4 Å². The molecule has 5 N–H and O–H groups in total. The van der Waals surface area contributed by atoms with Crippen LogP contribution < -0.4 is 15.7 Å². The van der Waals surface area contributed by atoms with Gasteiger partial charge in [0.1, 0.15) is 18.0 Å². The lowest BCUT2D eigenvalue weighted by atomic mass is 9.72. The van der Waals surface area contributed by atoms with Crippen LogP contribution in [0.15, 0.2) is 18.2 Å². The Hall–Kier alpha value is -2.63. The monoisotopic (exact) mass is 379 g/mol. The van der Waals surface area contributed by atoms with E-state index in [4.69, 9.17) is 22.0 Å². The maximum absolute atomic E-state index is 12.2. The van der Waals surface area contributed by atoms with E-state index in [1.807, 2.05) is 0 Å². The first-order valence-corrected chi connectivity index (χ1v) is 8.05. The highest BCUT2D eigenvalue weighted by molar-refractivity contribution is 6.47. The van der Waals surface area contributed by atoms with Gasteiger partial charge in [-0.05, 0) is 18.1 Å². The van der Waals surface area contributed by atoms with E-state index >= 15 is 0 Å². The van der Waals surface area contributed by atoms with Crippen LogP contribution in [0, 0.1) is 0 Å². The highest BCUT2D eigenvalue weighted by Crippen LogP contribution is 2.30. The lowest BCUT2D eigenvalue weighted by Crippen LogP contribution is -2.53. The fourth-order valence-electron chi connectivity index (χ4n) is 2.67. The van der Waals surface area contributed by atoms with Crippen molar-refractivity contribution in [1.82, 2.24) is 20.3 Å². The summed E-state index contributed by atoms with van der Waals surface area (Å²) in [4.78, 5) is 23.4. The van der Waals surface area contributed by atoms with Crippen LogP contribution in [-0.2, 0) is 24.3 Å². The molecule has 1 aromatic carbocycles. The molecule has 0 saturated heterocycles. The van der Waals surface area contributed by atoms with Gasteiger partial charge in [0, 0.05) is 6.54 Å². The highest BCUT2D eigenvalue weighted by Gasteiger charge is 2.37. The Bertz CT molecular complexity index is 860. The lowest BCUT2D eigenvalue weighted by Gasteiger charge is -2.28. The van der Waals surface area contributed by atoms with Crippen molar-refractivity contribution in [3.63, 3.8) is 0 Å². The van der Waals surface area contributed by atoms with E-state index < -0.39 is 24.9 Å². The van der Waals surface area contributed by atoms with Gasteiger partial charge >= 0.3 is 13.1 Å². The van der Waals surface area contributed by atoms with E-state index in [1.54, 1.807) is 12.1 Å². The maximum Gasteiger partial charge on any atom is 0.547 e. The number of fused-ring (bicyclic) bond motifs is 1. The highest BCUT2D eigenvalue weighted by atomic mass is 35.5. The van der Waals surface area contributed by atoms with Gasteiger partial charge in [-0.25, -0.2) is 9.48 Å². The third-order valence-electron chi connectivity index (χ3n) is 3.92. The molecule has 3 rings (SSSR count). The Morgan fingerprint density at radius 1 is 1.50 bits per heavy atom. The quantitative estimate of drug-likeness (QED) is 0.494. The fourth-order valence-corrected chi connectivity index (χ4v) is 2.88. The molecule has 10 nitrogen and oxygen atoms in total. The predicted octanol–water partition coefficient (Wildman–Crippen LogP) is -0.772. The zero-order valence-electron chi connectivity index (χ0n) is 13.4. The molecule has 0 spiro atoms. The molecule has 0 bridgehead atoms. The molecular formula is C14H15BClN5O5. The van der Waals surface area contributed by atoms with Crippen molar-refractivity contribution in [2.24, 2.45) is 5.73 Å². The second-order valence-electron chi connectivity index (χ2n) is 5.67. The average Bonchev–Trinajstić information content (AvgIpc) is 2.94. The first-order valence-electron chi connectivity index (χ1n) is 7.68. The Morgan fingerprint density at radius 2 is 2.27 bits per heavy atom. The number of halogens is 1. The molecule has 1 amide bonds. The molecule has 12 heteroatoms. The second-order valence-corrected chi connectivity index (χ2v) is 6.03. The van der Waals surface area contributed by atoms with Gasteiger partial charge in [-0.3, -0.25) is 4.79 Å². The Morgan fingerprint density at radius 3 is 2.92 bits per heavy atom. The van der Waals surface area contributed by atoms with E-state index in [2.05, 4.69) is 15.6 Å². The topological polar surface area (TPSA) is 153 Å². The van der Waals surface area contributed by atoms with Crippen LogP contribution in [-0.4, -0.2) is 50.1 Å². The number of nitrogens with two attached hydrogens (primary N) is 1. The molecule has 0 saturated carbocycles. The molecule has 1 atom stereocenters. The van der Waals surface area contributed by atoms with Gasteiger partial charge in [-0.15, -0.1) is 5.10 Å². The van der Waals surface area contributed by atoms with Crippen LogP contribution in [0.3, 0.4) is 0 Å². The number of carboxylic acids is 1. The van der Waals surface area contributed by atoms with Crippen molar-refractivity contribution in [3.05, 3.63) is 40.2 Å². The molecule has 0 aliphatic carbocycles. The lowest BCUT2D eigenvalue weighted by molar-refractivity contribution is -0.122. The molecule has 26 heavy (non-hydrogen) atoms. The number of nitrogens with one attached hydrogen (secondary N) is 1. The minimum atomic E-state index is -1.39. The van der Waals surface area contributed by atoms with E-state index in [0.717, 1.165) is 0 Å². The molecular weight excluding hydrogens is 364 g/mol. The van der Waals surface area contributed by atoms with Crippen molar-refractivity contribution >= 4 is 30.6 Å². The number of para-hydroxylation sites is 1.